The van der Waals surface area contributed by atoms with Crippen molar-refractivity contribution < 1.29 is 9.53 Å². The van der Waals surface area contributed by atoms with Crippen molar-refractivity contribution in [2.45, 2.75) is 46.2 Å². The first kappa shape index (κ1) is 16.7. The minimum Gasteiger partial charge on any atom is -0.377 e. The molecule has 3 rings (SSSR count). The highest BCUT2D eigenvalue weighted by Gasteiger charge is 2.30. The number of hydrogen-bond acceptors (Lipinski definition) is 4. The fourth-order valence-electron chi connectivity index (χ4n) is 3.26. The molecule has 0 radical (unpaired) electrons. The Balaban J connectivity index is 1.60. The topological polar surface area (TPSA) is 76.0 Å². The van der Waals surface area contributed by atoms with Crippen LogP contribution in [0.5, 0.6) is 0 Å². The maximum absolute atomic E-state index is 12.7. The molecule has 7 heteroatoms. The van der Waals surface area contributed by atoms with Crippen molar-refractivity contribution in [2.24, 2.45) is 0 Å². The van der Waals surface area contributed by atoms with Crippen molar-refractivity contribution in [2.75, 3.05) is 19.8 Å². The molecule has 0 aliphatic carbocycles. The van der Waals surface area contributed by atoms with Crippen molar-refractivity contribution in [1.29, 1.82) is 0 Å². The predicted octanol–water partition coefficient (Wildman–Crippen LogP) is 1.91. The summed E-state index contributed by atoms with van der Waals surface area (Å²) < 4.78 is 7.55. The van der Waals surface area contributed by atoms with E-state index in [2.05, 4.69) is 21.4 Å². The molecule has 130 valence electrons. The first-order valence-electron chi connectivity index (χ1n) is 8.44. The molecule has 0 spiro atoms. The summed E-state index contributed by atoms with van der Waals surface area (Å²) >= 11 is 0. The van der Waals surface area contributed by atoms with Crippen molar-refractivity contribution in [3.05, 3.63) is 34.9 Å². The number of nitrogens with zero attached hydrogens (tertiary/aromatic N) is 4. The highest BCUT2D eigenvalue weighted by molar-refractivity contribution is 5.76. The summed E-state index contributed by atoms with van der Waals surface area (Å²) in [6.45, 7) is 8.53. The van der Waals surface area contributed by atoms with Crippen LogP contribution >= 0.6 is 0 Å². The fourth-order valence-corrected chi connectivity index (χ4v) is 3.26. The number of amides is 1. The van der Waals surface area contributed by atoms with Crippen LogP contribution in [-0.2, 0) is 16.1 Å². The van der Waals surface area contributed by atoms with Crippen LogP contribution in [0.2, 0.25) is 0 Å². The average Bonchev–Trinajstić information content (AvgIpc) is 3.12. The van der Waals surface area contributed by atoms with Gasteiger partial charge in [-0.25, -0.2) is 0 Å². The third-order valence-electron chi connectivity index (χ3n) is 4.51. The Kier molecular flexibility index (Phi) is 4.99. The molecule has 1 atom stereocenters. The summed E-state index contributed by atoms with van der Waals surface area (Å²) in [6.07, 6.45) is 3.09. The van der Waals surface area contributed by atoms with E-state index in [0.717, 1.165) is 35.6 Å². The summed E-state index contributed by atoms with van der Waals surface area (Å²) in [5.74, 6) is 0.166. The molecular weight excluding hydrogens is 306 g/mol. The van der Waals surface area contributed by atoms with Gasteiger partial charge in [0.05, 0.1) is 36.8 Å². The van der Waals surface area contributed by atoms with Gasteiger partial charge in [-0.05, 0) is 38.8 Å². The molecule has 1 aliphatic heterocycles. The monoisotopic (exact) mass is 331 g/mol. The Bertz CT molecular complexity index is 706. The van der Waals surface area contributed by atoms with Crippen LogP contribution in [0.3, 0.4) is 0 Å². The summed E-state index contributed by atoms with van der Waals surface area (Å²) in [5.41, 5.74) is 4.19. The van der Waals surface area contributed by atoms with Crippen LogP contribution in [0.1, 0.15) is 41.5 Å². The number of carbonyl (C=O) groups excluding carboxylic acids is 1. The number of nitrogens with one attached hydrogen (secondary N) is 1. The second-order valence-electron chi connectivity index (χ2n) is 6.40. The molecular formula is C17H25N5O2. The molecule has 3 heterocycles. The van der Waals surface area contributed by atoms with Gasteiger partial charge in [0.1, 0.15) is 0 Å². The van der Waals surface area contributed by atoms with Crippen LogP contribution in [0.4, 0.5) is 0 Å². The van der Waals surface area contributed by atoms with Gasteiger partial charge in [0.2, 0.25) is 5.91 Å². The third kappa shape index (κ3) is 3.51. The van der Waals surface area contributed by atoms with Crippen LogP contribution in [0.15, 0.2) is 12.3 Å². The van der Waals surface area contributed by atoms with Crippen LogP contribution in [-0.4, -0.2) is 50.5 Å². The number of carbonyl (C=O) groups is 1. The summed E-state index contributed by atoms with van der Waals surface area (Å²) in [4.78, 5) is 14.6. The van der Waals surface area contributed by atoms with Crippen LogP contribution < -0.4 is 0 Å². The van der Waals surface area contributed by atoms with E-state index < -0.39 is 0 Å². The molecule has 0 aromatic carbocycles. The lowest BCUT2D eigenvalue weighted by molar-refractivity contribution is -0.140. The third-order valence-corrected chi connectivity index (χ3v) is 4.51. The van der Waals surface area contributed by atoms with Crippen molar-refractivity contribution in [3.63, 3.8) is 0 Å². The van der Waals surface area contributed by atoms with Gasteiger partial charge in [0, 0.05) is 25.2 Å². The normalized spacial score (nSPS) is 18.1. The smallest absolute Gasteiger partial charge is 0.223 e. The number of ether oxygens (including phenoxy) is 1. The highest BCUT2D eigenvalue weighted by atomic mass is 16.5. The first-order chi connectivity index (χ1) is 11.6. The Morgan fingerprint density at radius 1 is 1.42 bits per heavy atom. The van der Waals surface area contributed by atoms with Gasteiger partial charge in [-0.3, -0.25) is 14.6 Å². The van der Waals surface area contributed by atoms with E-state index >= 15 is 0 Å². The van der Waals surface area contributed by atoms with E-state index in [4.69, 9.17) is 4.74 Å². The second kappa shape index (κ2) is 7.17. The molecule has 1 aliphatic rings. The van der Waals surface area contributed by atoms with Gasteiger partial charge >= 0.3 is 0 Å². The molecule has 0 unspecified atom stereocenters. The fraction of sp³-hybridized carbons (Fsp3) is 0.588. The number of hydrogen-bond donors (Lipinski definition) is 1. The van der Waals surface area contributed by atoms with Gasteiger partial charge < -0.3 is 9.64 Å². The molecule has 24 heavy (non-hydrogen) atoms. The van der Waals surface area contributed by atoms with Gasteiger partial charge in [-0.2, -0.15) is 10.2 Å². The Labute approximate surface area is 142 Å². The molecule has 1 amide bonds. The minimum atomic E-state index is -0.0672. The lowest BCUT2D eigenvalue weighted by atomic mass is 10.1. The number of morpholine rings is 1. The summed E-state index contributed by atoms with van der Waals surface area (Å²) in [7, 11) is 0. The number of H-pyrrole nitrogens is 1. The van der Waals surface area contributed by atoms with E-state index in [1.54, 1.807) is 6.20 Å². The van der Waals surface area contributed by atoms with Gasteiger partial charge in [-0.1, -0.05) is 0 Å². The quantitative estimate of drug-likeness (QED) is 0.908. The van der Waals surface area contributed by atoms with Crippen molar-refractivity contribution in [1.82, 2.24) is 24.9 Å². The van der Waals surface area contributed by atoms with Gasteiger partial charge in [0.25, 0.3) is 0 Å². The largest absolute Gasteiger partial charge is 0.377 e. The Morgan fingerprint density at radius 3 is 2.92 bits per heavy atom. The number of aryl methyl sites for hydroxylation is 4. The minimum absolute atomic E-state index is 0.0672. The lowest BCUT2D eigenvalue weighted by Gasteiger charge is -2.35. The average molecular weight is 331 g/mol. The molecule has 2 aromatic heterocycles. The second-order valence-corrected chi connectivity index (χ2v) is 6.40. The standard InChI is InChI=1S/C17H25N5O2/c1-12-10-18-19-17(12)15-11-24-8-7-21(15)16(23)5-4-6-22-14(3)9-13(2)20-22/h9-10,15H,4-8,11H2,1-3H3,(H,18,19)/t15-/m1/s1. The zero-order chi connectivity index (χ0) is 17.1. The molecule has 0 saturated carbocycles. The molecule has 2 aromatic rings. The van der Waals surface area contributed by atoms with E-state index in [0.29, 0.717) is 26.2 Å². The van der Waals surface area contributed by atoms with Crippen molar-refractivity contribution in [3.8, 4) is 0 Å². The summed E-state index contributed by atoms with van der Waals surface area (Å²) in [5, 5.41) is 11.5. The van der Waals surface area contributed by atoms with Crippen LogP contribution in [0, 0.1) is 20.8 Å². The lowest BCUT2D eigenvalue weighted by Crippen LogP contribution is -2.43. The zero-order valence-corrected chi connectivity index (χ0v) is 14.6. The molecule has 1 N–H and O–H groups in total. The van der Waals surface area contributed by atoms with Crippen molar-refractivity contribution >= 4 is 5.91 Å². The summed E-state index contributed by atoms with van der Waals surface area (Å²) in [6, 6.07) is 1.99. The maximum atomic E-state index is 12.7. The predicted molar refractivity (Wildman–Crippen MR) is 89.5 cm³/mol. The molecule has 1 fully saturated rings. The van der Waals surface area contributed by atoms with Gasteiger partial charge in [0.15, 0.2) is 0 Å². The first-order valence-corrected chi connectivity index (χ1v) is 8.44. The van der Waals surface area contributed by atoms with E-state index in [9.17, 15) is 4.79 Å². The Morgan fingerprint density at radius 2 is 2.25 bits per heavy atom. The van der Waals surface area contributed by atoms with E-state index in [1.165, 1.54) is 0 Å². The SMILES string of the molecule is Cc1cc(C)n(CCCC(=O)N2CCOC[C@@H]2c2[nH]ncc2C)n1. The molecule has 0 bridgehead atoms. The van der Waals surface area contributed by atoms with E-state index in [-0.39, 0.29) is 11.9 Å². The number of aromatic nitrogens is 4. The van der Waals surface area contributed by atoms with Gasteiger partial charge in [-0.15, -0.1) is 0 Å². The maximum Gasteiger partial charge on any atom is 0.223 e. The number of rotatable bonds is 5. The highest BCUT2D eigenvalue weighted by Crippen LogP contribution is 2.25. The Hall–Kier alpha value is -2.15. The molecule has 1 saturated heterocycles. The zero-order valence-electron chi connectivity index (χ0n) is 14.6. The molecule has 7 nitrogen and oxygen atoms in total. The van der Waals surface area contributed by atoms with Crippen LogP contribution in [0.25, 0.3) is 0 Å². The van der Waals surface area contributed by atoms with E-state index in [1.807, 2.05) is 30.4 Å². The number of aromatic amines is 1.